The molecule has 2 amide bonds. The topological polar surface area (TPSA) is 71.1 Å². The zero-order chi connectivity index (χ0) is 18.4. The predicted octanol–water partition coefficient (Wildman–Crippen LogP) is 2.45. The van der Waals surface area contributed by atoms with E-state index in [1.54, 1.807) is 30.0 Å². The highest BCUT2D eigenvalue weighted by atomic mass is 35.5. The zero-order valence-electron chi connectivity index (χ0n) is 14.8. The van der Waals surface area contributed by atoms with Crippen molar-refractivity contribution in [2.45, 2.75) is 19.9 Å². The molecular formula is C17H24ClN3O4. The molecule has 2 rings (SSSR count). The molecule has 0 saturated carbocycles. The maximum absolute atomic E-state index is 12.5. The van der Waals surface area contributed by atoms with Gasteiger partial charge in [-0.05, 0) is 32.0 Å². The first kappa shape index (κ1) is 19.3. The first-order chi connectivity index (χ1) is 12.0. The number of piperazine rings is 1. The van der Waals surface area contributed by atoms with Gasteiger partial charge in [0.15, 0.2) is 0 Å². The minimum atomic E-state index is -0.315. The van der Waals surface area contributed by atoms with Gasteiger partial charge in [-0.2, -0.15) is 0 Å². The molecule has 0 radical (unpaired) electrons. The van der Waals surface area contributed by atoms with Crippen LogP contribution in [-0.2, 0) is 9.53 Å². The molecule has 1 aromatic rings. The van der Waals surface area contributed by atoms with E-state index in [1.807, 2.05) is 11.8 Å². The maximum Gasteiger partial charge on any atom is 0.409 e. The van der Waals surface area contributed by atoms with Crippen LogP contribution in [0.25, 0.3) is 0 Å². The Hall–Kier alpha value is -1.99. The molecular weight excluding hydrogens is 346 g/mol. The molecule has 0 unspecified atom stereocenters. The van der Waals surface area contributed by atoms with Gasteiger partial charge in [0.2, 0.25) is 5.91 Å². The molecule has 1 fully saturated rings. The lowest BCUT2D eigenvalue weighted by Crippen LogP contribution is -2.54. The van der Waals surface area contributed by atoms with Gasteiger partial charge >= 0.3 is 6.09 Å². The monoisotopic (exact) mass is 369 g/mol. The molecule has 1 heterocycles. The fourth-order valence-electron chi connectivity index (χ4n) is 2.66. The van der Waals surface area contributed by atoms with Crippen LogP contribution in [0.15, 0.2) is 18.2 Å². The summed E-state index contributed by atoms with van der Waals surface area (Å²) in [5.41, 5.74) is 0.618. The van der Waals surface area contributed by atoms with Crippen molar-refractivity contribution < 1.29 is 19.1 Å². The maximum atomic E-state index is 12.5. The lowest BCUT2D eigenvalue weighted by molar-refractivity contribution is -0.121. The van der Waals surface area contributed by atoms with Crippen LogP contribution in [0.3, 0.4) is 0 Å². The number of rotatable bonds is 5. The van der Waals surface area contributed by atoms with E-state index in [4.69, 9.17) is 21.1 Å². The van der Waals surface area contributed by atoms with Gasteiger partial charge in [-0.3, -0.25) is 9.69 Å². The van der Waals surface area contributed by atoms with E-state index in [1.165, 1.54) is 7.11 Å². The van der Waals surface area contributed by atoms with Crippen LogP contribution in [0.5, 0.6) is 5.75 Å². The van der Waals surface area contributed by atoms with Gasteiger partial charge in [-0.25, -0.2) is 4.79 Å². The molecule has 0 spiro atoms. The quantitative estimate of drug-likeness (QED) is 0.863. The first-order valence-electron chi connectivity index (χ1n) is 8.26. The van der Waals surface area contributed by atoms with E-state index < -0.39 is 0 Å². The summed E-state index contributed by atoms with van der Waals surface area (Å²) in [5.74, 6) is 0.439. The number of anilines is 1. The predicted molar refractivity (Wildman–Crippen MR) is 96.3 cm³/mol. The normalized spacial score (nSPS) is 16.2. The summed E-state index contributed by atoms with van der Waals surface area (Å²) in [6.07, 6.45) is -0.299. The number of methoxy groups -OCH3 is 1. The Morgan fingerprint density at radius 3 is 2.52 bits per heavy atom. The van der Waals surface area contributed by atoms with E-state index in [2.05, 4.69) is 5.32 Å². The molecule has 138 valence electrons. The Bertz CT molecular complexity index is 618. The van der Waals surface area contributed by atoms with Crippen molar-refractivity contribution >= 4 is 29.3 Å². The molecule has 0 aliphatic carbocycles. The standard InChI is InChI=1S/C17H24ClN3O4/c1-4-25-17(23)21-9-7-20(8-10-21)12(2)16(22)19-13-5-6-15(24-3)14(18)11-13/h5-6,11-12H,4,7-10H2,1-3H3,(H,19,22)/t12-/m0/s1. The van der Waals surface area contributed by atoms with E-state index in [0.29, 0.717) is 49.2 Å². The summed E-state index contributed by atoms with van der Waals surface area (Å²) >= 11 is 6.08. The Balaban J connectivity index is 1.88. The number of carbonyl (C=O) groups is 2. The van der Waals surface area contributed by atoms with Gasteiger partial charge in [0.25, 0.3) is 0 Å². The number of nitrogens with zero attached hydrogens (tertiary/aromatic N) is 2. The highest BCUT2D eigenvalue weighted by molar-refractivity contribution is 6.32. The van der Waals surface area contributed by atoms with Gasteiger partial charge < -0.3 is 19.7 Å². The number of hydrogen-bond donors (Lipinski definition) is 1. The number of halogens is 1. The number of amides is 2. The Morgan fingerprint density at radius 2 is 1.96 bits per heavy atom. The third-order valence-electron chi connectivity index (χ3n) is 4.19. The molecule has 1 atom stereocenters. The van der Waals surface area contributed by atoms with E-state index >= 15 is 0 Å². The van der Waals surface area contributed by atoms with E-state index in [9.17, 15) is 9.59 Å². The largest absolute Gasteiger partial charge is 0.495 e. The van der Waals surface area contributed by atoms with Crippen LogP contribution in [0.2, 0.25) is 5.02 Å². The van der Waals surface area contributed by atoms with Crippen LogP contribution >= 0.6 is 11.6 Å². The average Bonchev–Trinajstić information content (AvgIpc) is 2.61. The van der Waals surface area contributed by atoms with Gasteiger partial charge in [0.1, 0.15) is 5.75 Å². The van der Waals surface area contributed by atoms with Gasteiger partial charge in [0, 0.05) is 31.9 Å². The van der Waals surface area contributed by atoms with E-state index in [0.717, 1.165) is 0 Å². The summed E-state index contributed by atoms with van der Waals surface area (Å²) in [7, 11) is 1.54. The van der Waals surface area contributed by atoms with Gasteiger partial charge in [-0.15, -0.1) is 0 Å². The molecule has 1 aromatic carbocycles. The SMILES string of the molecule is CCOC(=O)N1CCN([C@@H](C)C(=O)Nc2ccc(OC)c(Cl)c2)CC1. The zero-order valence-corrected chi connectivity index (χ0v) is 15.5. The van der Waals surface area contributed by atoms with Crippen molar-refractivity contribution in [2.24, 2.45) is 0 Å². The Kier molecular flexibility index (Phi) is 6.90. The van der Waals surface area contributed by atoms with Crippen molar-refractivity contribution in [3.05, 3.63) is 23.2 Å². The van der Waals surface area contributed by atoms with Crippen molar-refractivity contribution in [1.82, 2.24) is 9.80 Å². The number of carbonyl (C=O) groups excluding carboxylic acids is 2. The molecule has 1 aliphatic rings. The highest BCUT2D eigenvalue weighted by Crippen LogP contribution is 2.27. The summed E-state index contributed by atoms with van der Waals surface area (Å²) in [5, 5.41) is 3.30. The van der Waals surface area contributed by atoms with Crippen molar-refractivity contribution in [3.63, 3.8) is 0 Å². The van der Waals surface area contributed by atoms with Crippen LogP contribution < -0.4 is 10.1 Å². The molecule has 25 heavy (non-hydrogen) atoms. The molecule has 0 aromatic heterocycles. The minimum absolute atomic E-state index is 0.120. The second kappa shape index (κ2) is 8.92. The second-order valence-corrected chi connectivity index (χ2v) is 6.14. The molecule has 1 aliphatic heterocycles. The van der Waals surface area contributed by atoms with Gasteiger partial charge in [0.05, 0.1) is 24.8 Å². The molecule has 7 nitrogen and oxygen atoms in total. The molecule has 0 bridgehead atoms. The molecule has 8 heteroatoms. The molecule has 1 saturated heterocycles. The number of ether oxygens (including phenoxy) is 2. The average molecular weight is 370 g/mol. The Morgan fingerprint density at radius 1 is 1.28 bits per heavy atom. The summed E-state index contributed by atoms with van der Waals surface area (Å²) < 4.78 is 10.1. The minimum Gasteiger partial charge on any atom is -0.495 e. The van der Waals surface area contributed by atoms with Crippen LogP contribution in [0.4, 0.5) is 10.5 Å². The fourth-order valence-corrected chi connectivity index (χ4v) is 2.92. The van der Waals surface area contributed by atoms with Crippen molar-refractivity contribution in [3.8, 4) is 5.75 Å². The van der Waals surface area contributed by atoms with Crippen LogP contribution in [-0.4, -0.2) is 67.7 Å². The summed E-state index contributed by atoms with van der Waals surface area (Å²) in [6.45, 7) is 6.33. The number of benzene rings is 1. The Labute approximate surface area is 152 Å². The summed E-state index contributed by atoms with van der Waals surface area (Å²) in [4.78, 5) is 27.9. The fraction of sp³-hybridized carbons (Fsp3) is 0.529. The number of hydrogen-bond acceptors (Lipinski definition) is 5. The smallest absolute Gasteiger partial charge is 0.409 e. The summed E-state index contributed by atoms with van der Waals surface area (Å²) in [6, 6.07) is 4.79. The lowest BCUT2D eigenvalue weighted by Gasteiger charge is -2.36. The highest BCUT2D eigenvalue weighted by Gasteiger charge is 2.28. The van der Waals surface area contributed by atoms with Crippen molar-refractivity contribution in [2.75, 3.05) is 45.2 Å². The second-order valence-electron chi connectivity index (χ2n) is 5.74. The first-order valence-corrected chi connectivity index (χ1v) is 8.64. The van der Waals surface area contributed by atoms with Crippen LogP contribution in [0, 0.1) is 0 Å². The third kappa shape index (κ3) is 4.99. The third-order valence-corrected chi connectivity index (χ3v) is 4.48. The van der Waals surface area contributed by atoms with E-state index in [-0.39, 0.29) is 18.0 Å². The number of nitrogens with one attached hydrogen (secondary N) is 1. The van der Waals surface area contributed by atoms with Crippen LogP contribution in [0.1, 0.15) is 13.8 Å². The lowest BCUT2D eigenvalue weighted by atomic mass is 10.2. The van der Waals surface area contributed by atoms with Gasteiger partial charge in [-0.1, -0.05) is 11.6 Å². The van der Waals surface area contributed by atoms with Crippen molar-refractivity contribution in [1.29, 1.82) is 0 Å². The molecule has 1 N–H and O–H groups in total.